The quantitative estimate of drug-likeness (QED) is 0.611. The fourth-order valence-electron chi connectivity index (χ4n) is 1.88. The number of carbonyl (C=O) groups excluding carboxylic acids is 1. The maximum Gasteiger partial charge on any atom is 0.312 e. The van der Waals surface area contributed by atoms with Crippen LogP contribution in [0, 0.1) is 11.3 Å². The Balaban J connectivity index is 4.49. The van der Waals surface area contributed by atoms with E-state index in [1.54, 1.807) is 0 Å². The molecule has 2 nitrogen and oxygen atoms in total. The fraction of sp³-hybridized carbons (Fsp3) is 0.929. The van der Waals surface area contributed by atoms with Gasteiger partial charge in [0.2, 0.25) is 0 Å². The highest BCUT2D eigenvalue weighted by molar-refractivity contribution is 5.76. The van der Waals surface area contributed by atoms with Gasteiger partial charge in [-0.25, -0.2) is 0 Å². The summed E-state index contributed by atoms with van der Waals surface area (Å²) < 4.78 is 5.54. The zero-order valence-corrected chi connectivity index (χ0v) is 11.8. The third kappa shape index (κ3) is 4.54. The molecule has 0 heterocycles. The fourth-order valence-corrected chi connectivity index (χ4v) is 1.88. The molecule has 16 heavy (non-hydrogen) atoms. The molecule has 0 saturated carbocycles. The summed E-state index contributed by atoms with van der Waals surface area (Å²) in [6.07, 6.45) is 3.92. The Labute approximate surface area is 101 Å². The average molecular weight is 228 g/mol. The van der Waals surface area contributed by atoms with E-state index in [4.69, 9.17) is 4.74 Å². The number of ether oxygens (including phenoxy) is 1. The molecule has 0 spiro atoms. The molecule has 0 bridgehead atoms. The third-order valence-electron chi connectivity index (χ3n) is 3.33. The number of rotatable bonds is 7. The Morgan fingerprint density at radius 3 is 1.88 bits per heavy atom. The molecular weight excluding hydrogens is 200 g/mol. The number of hydrogen-bond acceptors (Lipinski definition) is 2. The van der Waals surface area contributed by atoms with Gasteiger partial charge in [-0.2, -0.15) is 0 Å². The normalized spacial score (nSPS) is 13.9. The molecule has 96 valence electrons. The molecule has 0 N–H and O–H groups in total. The van der Waals surface area contributed by atoms with E-state index in [-0.39, 0.29) is 17.5 Å². The van der Waals surface area contributed by atoms with Gasteiger partial charge in [-0.05, 0) is 32.6 Å². The van der Waals surface area contributed by atoms with Crippen molar-refractivity contribution in [2.45, 2.75) is 73.3 Å². The van der Waals surface area contributed by atoms with Crippen LogP contribution in [0.5, 0.6) is 0 Å². The van der Waals surface area contributed by atoms with Gasteiger partial charge < -0.3 is 4.74 Å². The summed E-state index contributed by atoms with van der Waals surface area (Å²) >= 11 is 0. The van der Waals surface area contributed by atoms with Gasteiger partial charge in [0.05, 0.1) is 5.41 Å². The van der Waals surface area contributed by atoms with E-state index in [2.05, 4.69) is 27.7 Å². The summed E-state index contributed by atoms with van der Waals surface area (Å²) in [5, 5.41) is 0. The summed E-state index contributed by atoms with van der Waals surface area (Å²) in [7, 11) is 0. The van der Waals surface area contributed by atoms with E-state index in [0.717, 1.165) is 25.7 Å². The largest absolute Gasteiger partial charge is 0.462 e. The van der Waals surface area contributed by atoms with Gasteiger partial charge in [0.25, 0.3) is 0 Å². The molecule has 2 heteroatoms. The highest BCUT2D eigenvalue weighted by Gasteiger charge is 2.34. The Kier molecular flexibility index (Phi) is 6.70. The van der Waals surface area contributed by atoms with Crippen molar-refractivity contribution in [3.8, 4) is 0 Å². The Hall–Kier alpha value is -0.530. The number of hydrogen-bond donors (Lipinski definition) is 0. The first-order chi connectivity index (χ1) is 7.37. The van der Waals surface area contributed by atoms with Crippen LogP contribution in [0.25, 0.3) is 0 Å². The Morgan fingerprint density at radius 1 is 1.12 bits per heavy atom. The highest BCUT2D eigenvalue weighted by Crippen LogP contribution is 2.31. The van der Waals surface area contributed by atoms with E-state index in [9.17, 15) is 4.79 Å². The van der Waals surface area contributed by atoms with Crippen molar-refractivity contribution < 1.29 is 9.53 Å². The molecule has 0 aromatic heterocycles. The molecule has 0 aromatic carbocycles. The topological polar surface area (TPSA) is 26.3 Å². The second-order valence-electron chi connectivity index (χ2n) is 5.42. The molecule has 0 aliphatic carbocycles. The summed E-state index contributed by atoms with van der Waals surface area (Å²) in [4.78, 5) is 12.1. The van der Waals surface area contributed by atoms with Crippen LogP contribution in [0.1, 0.15) is 67.2 Å². The van der Waals surface area contributed by atoms with Gasteiger partial charge in [-0.1, -0.05) is 40.5 Å². The van der Waals surface area contributed by atoms with Crippen LogP contribution in [-0.4, -0.2) is 12.1 Å². The van der Waals surface area contributed by atoms with Crippen molar-refractivity contribution in [2.75, 3.05) is 0 Å². The third-order valence-corrected chi connectivity index (χ3v) is 3.33. The van der Waals surface area contributed by atoms with Crippen molar-refractivity contribution in [2.24, 2.45) is 11.3 Å². The van der Waals surface area contributed by atoms with Crippen LogP contribution in [0.2, 0.25) is 0 Å². The smallest absolute Gasteiger partial charge is 0.312 e. The zero-order chi connectivity index (χ0) is 12.8. The number of esters is 1. The molecule has 0 amide bonds. The van der Waals surface area contributed by atoms with Gasteiger partial charge in [0, 0.05) is 0 Å². The molecule has 0 aromatic rings. The van der Waals surface area contributed by atoms with Crippen LogP contribution < -0.4 is 0 Å². The SMILES string of the molecule is CCCC(C)(CCC)C(=O)OC(C)C(C)C. The first-order valence-corrected chi connectivity index (χ1v) is 6.58. The molecule has 1 unspecified atom stereocenters. The van der Waals surface area contributed by atoms with E-state index in [1.807, 2.05) is 13.8 Å². The molecule has 0 radical (unpaired) electrons. The minimum absolute atomic E-state index is 0.0144. The first kappa shape index (κ1) is 15.5. The maximum atomic E-state index is 12.1. The summed E-state index contributed by atoms with van der Waals surface area (Å²) in [6, 6.07) is 0. The van der Waals surface area contributed by atoms with E-state index >= 15 is 0 Å². The molecule has 0 aliphatic rings. The highest BCUT2D eigenvalue weighted by atomic mass is 16.5. The minimum atomic E-state index is -0.285. The van der Waals surface area contributed by atoms with Gasteiger partial charge >= 0.3 is 5.97 Å². The molecule has 1 atom stereocenters. The van der Waals surface area contributed by atoms with Crippen LogP contribution in [0.3, 0.4) is 0 Å². The lowest BCUT2D eigenvalue weighted by molar-refractivity contribution is -0.162. The predicted molar refractivity (Wildman–Crippen MR) is 68.3 cm³/mol. The van der Waals surface area contributed by atoms with Crippen molar-refractivity contribution in [3.05, 3.63) is 0 Å². The van der Waals surface area contributed by atoms with Crippen molar-refractivity contribution in [1.82, 2.24) is 0 Å². The second-order valence-corrected chi connectivity index (χ2v) is 5.42. The maximum absolute atomic E-state index is 12.1. The summed E-state index contributed by atoms with van der Waals surface area (Å²) in [5.41, 5.74) is -0.285. The summed E-state index contributed by atoms with van der Waals surface area (Å²) in [5.74, 6) is 0.369. The molecule has 0 aliphatic heterocycles. The Morgan fingerprint density at radius 2 is 1.56 bits per heavy atom. The molecule has 0 rings (SSSR count). The van der Waals surface area contributed by atoms with E-state index in [0.29, 0.717) is 5.92 Å². The van der Waals surface area contributed by atoms with Gasteiger partial charge in [-0.3, -0.25) is 4.79 Å². The summed E-state index contributed by atoms with van der Waals surface area (Å²) in [6.45, 7) is 12.4. The lowest BCUT2D eigenvalue weighted by atomic mass is 9.81. The van der Waals surface area contributed by atoms with Crippen molar-refractivity contribution in [3.63, 3.8) is 0 Å². The second kappa shape index (κ2) is 6.93. The first-order valence-electron chi connectivity index (χ1n) is 6.58. The minimum Gasteiger partial charge on any atom is -0.462 e. The Bertz CT molecular complexity index is 203. The van der Waals surface area contributed by atoms with Gasteiger partial charge in [0.1, 0.15) is 6.10 Å². The standard InChI is InChI=1S/C14H28O2/c1-7-9-14(6,10-8-2)13(15)16-12(5)11(3)4/h11-12H,7-10H2,1-6H3. The van der Waals surface area contributed by atoms with Crippen molar-refractivity contribution >= 4 is 5.97 Å². The molecule has 0 fully saturated rings. The van der Waals surface area contributed by atoms with Gasteiger partial charge in [-0.15, -0.1) is 0 Å². The van der Waals surface area contributed by atoms with Crippen LogP contribution in [-0.2, 0) is 9.53 Å². The number of carbonyl (C=O) groups is 1. The van der Waals surface area contributed by atoms with E-state index < -0.39 is 0 Å². The predicted octanol–water partition coefficient (Wildman–Crippen LogP) is 4.18. The van der Waals surface area contributed by atoms with Crippen molar-refractivity contribution in [1.29, 1.82) is 0 Å². The lowest BCUT2D eigenvalue weighted by Gasteiger charge is -2.29. The monoisotopic (exact) mass is 228 g/mol. The van der Waals surface area contributed by atoms with E-state index in [1.165, 1.54) is 0 Å². The average Bonchev–Trinajstić information content (AvgIpc) is 2.18. The molecular formula is C14H28O2. The van der Waals surface area contributed by atoms with Crippen LogP contribution in [0.4, 0.5) is 0 Å². The zero-order valence-electron chi connectivity index (χ0n) is 11.8. The van der Waals surface area contributed by atoms with Crippen LogP contribution in [0.15, 0.2) is 0 Å². The van der Waals surface area contributed by atoms with Crippen LogP contribution >= 0.6 is 0 Å². The van der Waals surface area contributed by atoms with Gasteiger partial charge in [0.15, 0.2) is 0 Å². The molecule has 0 saturated heterocycles. The lowest BCUT2D eigenvalue weighted by Crippen LogP contribution is -2.33.